The number of hydrogen-bond donors (Lipinski definition) is 0. The summed E-state index contributed by atoms with van der Waals surface area (Å²) < 4.78 is 52.3. The van der Waals surface area contributed by atoms with E-state index in [2.05, 4.69) is 0 Å². The van der Waals surface area contributed by atoms with Crippen LogP contribution in [-0.2, 0) is 6.18 Å². The number of benzene rings is 2. The van der Waals surface area contributed by atoms with Gasteiger partial charge in [0.1, 0.15) is 10.7 Å². The van der Waals surface area contributed by atoms with Crippen molar-refractivity contribution in [1.82, 2.24) is 0 Å². The van der Waals surface area contributed by atoms with Gasteiger partial charge in [0, 0.05) is 10.4 Å². The first-order valence-corrected chi connectivity index (χ1v) is 7.70. The molecule has 0 radical (unpaired) electrons. The minimum atomic E-state index is -4.40. The van der Waals surface area contributed by atoms with E-state index in [1.165, 1.54) is 18.2 Å². The van der Waals surface area contributed by atoms with Crippen LogP contribution < -0.4 is 0 Å². The molecule has 3 aromatic rings. The van der Waals surface area contributed by atoms with E-state index < -0.39 is 16.9 Å². The zero-order chi connectivity index (χ0) is 16.6. The molecule has 5 heteroatoms. The van der Waals surface area contributed by atoms with E-state index in [0.29, 0.717) is 16.9 Å². The summed E-state index contributed by atoms with van der Waals surface area (Å²) in [4.78, 5) is -0.459. The molecule has 3 rings (SSSR count). The Bertz CT molecular complexity index is 829. The smallest absolute Gasteiger partial charge is 0.206 e. The molecule has 0 fully saturated rings. The third-order valence-corrected chi connectivity index (χ3v) is 4.67. The van der Waals surface area contributed by atoms with Gasteiger partial charge in [-0.2, -0.15) is 13.2 Å². The monoisotopic (exact) mass is 336 g/mol. The first-order valence-electron chi connectivity index (χ1n) is 6.88. The highest BCUT2D eigenvalue weighted by atomic mass is 32.1. The lowest BCUT2D eigenvalue weighted by molar-refractivity contribution is -0.134. The lowest BCUT2D eigenvalue weighted by Gasteiger charge is -2.06. The van der Waals surface area contributed by atoms with E-state index in [1.807, 2.05) is 31.2 Å². The zero-order valence-electron chi connectivity index (χ0n) is 12.1. The highest BCUT2D eigenvalue weighted by molar-refractivity contribution is 7.15. The highest BCUT2D eigenvalue weighted by Crippen LogP contribution is 2.39. The Labute approximate surface area is 135 Å². The molecule has 0 spiro atoms. The summed E-state index contributed by atoms with van der Waals surface area (Å²) in [6.07, 6.45) is -4.40. The van der Waals surface area contributed by atoms with Crippen LogP contribution in [0.25, 0.3) is 21.6 Å². The molecule has 0 nitrogen and oxygen atoms in total. The van der Waals surface area contributed by atoms with Gasteiger partial charge >= 0.3 is 6.18 Å². The predicted molar refractivity (Wildman–Crippen MR) is 84.9 cm³/mol. The molecule has 0 amide bonds. The largest absolute Gasteiger partial charge is 0.425 e. The van der Waals surface area contributed by atoms with Crippen molar-refractivity contribution in [2.45, 2.75) is 13.1 Å². The third-order valence-electron chi connectivity index (χ3n) is 3.50. The van der Waals surface area contributed by atoms with Gasteiger partial charge in [-0.05, 0) is 42.3 Å². The molecule has 0 saturated heterocycles. The highest BCUT2D eigenvalue weighted by Gasteiger charge is 2.32. The maximum absolute atomic E-state index is 14.3. The molecule has 0 aliphatic heterocycles. The Morgan fingerprint density at radius 2 is 1.48 bits per heavy atom. The number of alkyl halides is 3. The van der Waals surface area contributed by atoms with Crippen LogP contribution in [0.4, 0.5) is 17.6 Å². The number of aryl methyl sites for hydroxylation is 1. The molecule has 2 aromatic carbocycles. The number of halogens is 4. The van der Waals surface area contributed by atoms with Gasteiger partial charge in [-0.1, -0.05) is 35.9 Å². The van der Waals surface area contributed by atoms with Crippen LogP contribution in [0.2, 0.25) is 0 Å². The van der Waals surface area contributed by atoms with Crippen LogP contribution in [0, 0.1) is 12.7 Å². The summed E-state index contributed by atoms with van der Waals surface area (Å²) in [5.41, 5.74) is 2.84. The molecular weight excluding hydrogens is 324 g/mol. The van der Waals surface area contributed by atoms with E-state index in [1.54, 1.807) is 6.07 Å². The summed E-state index contributed by atoms with van der Waals surface area (Å²) >= 11 is 0.546. The van der Waals surface area contributed by atoms with Gasteiger partial charge < -0.3 is 0 Å². The summed E-state index contributed by atoms with van der Waals surface area (Å²) in [7, 11) is 0. The minimum Gasteiger partial charge on any atom is -0.206 e. The number of rotatable bonds is 2. The molecule has 1 heterocycles. The van der Waals surface area contributed by atoms with Crippen LogP contribution in [0.5, 0.6) is 0 Å². The molecular formula is C18H12F4S. The van der Waals surface area contributed by atoms with Gasteiger partial charge in [0.05, 0.1) is 0 Å². The van der Waals surface area contributed by atoms with Crippen molar-refractivity contribution in [2.75, 3.05) is 0 Å². The molecule has 118 valence electrons. The maximum Gasteiger partial charge on any atom is 0.425 e. The summed E-state index contributed by atoms with van der Waals surface area (Å²) in [6, 6.07) is 14.5. The molecule has 0 aliphatic carbocycles. The molecule has 0 bridgehead atoms. The first kappa shape index (κ1) is 15.7. The fourth-order valence-electron chi connectivity index (χ4n) is 2.28. The maximum atomic E-state index is 14.3. The van der Waals surface area contributed by atoms with Crippen molar-refractivity contribution in [2.24, 2.45) is 0 Å². The number of thiophene rings is 1. The van der Waals surface area contributed by atoms with Crippen LogP contribution in [-0.4, -0.2) is 0 Å². The van der Waals surface area contributed by atoms with Gasteiger partial charge in [-0.15, -0.1) is 11.3 Å². The minimum absolute atomic E-state index is 0.182. The van der Waals surface area contributed by atoms with Crippen molar-refractivity contribution < 1.29 is 17.6 Å². The lowest BCUT2D eigenvalue weighted by atomic mass is 10.0. The summed E-state index contributed by atoms with van der Waals surface area (Å²) in [5.74, 6) is -0.529. The van der Waals surface area contributed by atoms with Crippen LogP contribution in [0.15, 0.2) is 54.6 Å². The van der Waals surface area contributed by atoms with Crippen LogP contribution in [0.1, 0.15) is 10.4 Å². The zero-order valence-corrected chi connectivity index (χ0v) is 12.9. The van der Waals surface area contributed by atoms with Crippen molar-refractivity contribution >= 4 is 11.3 Å². The van der Waals surface area contributed by atoms with E-state index in [4.69, 9.17) is 0 Å². The Hall–Kier alpha value is -2.14. The average molecular weight is 336 g/mol. The standard InChI is InChI=1S/C18H12F4S/c1-11-2-4-12(5-3-11)13-6-7-14(15(19)10-13)16-8-9-17(23-16)18(20,21)22/h2-10H,1H3. The van der Waals surface area contributed by atoms with Gasteiger partial charge in [0.25, 0.3) is 0 Å². The summed E-state index contributed by atoms with van der Waals surface area (Å²) in [6.45, 7) is 1.96. The topological polar surface area (TPSA) is 0 Å². The Balaban J connectivity index is 1.96. The van der Waals surface area contributed by atoms with Crippen molar-refractivity contribution in [3.8, 4) is 21.6 Å². The van der Waals surface area contributed by atoms with E-state index in [9.17, 15) is 17.6 Å². The molecule has 0 unspecified atom stereocenters. The molecule has 0 N–H and O–H groups in total. The van der Waals surface area contributed by atoms with Crippen molar-refractivity contribution in [3.05, 3.63) is 70.9 Å². The van der Waals surface area contributed by atoms with E-state index in [-0.39, 0.29) is 10.4 Å². The molecule has 23 heavy (non-hydrogen) atoms. The van der Waals surface area contributed by atoms with Crippen LogP contribution >= 0.6 is 11.3 Å². The average Bonchev–Trinajstić information content (AvgIpc) is 2.97. The fourth-order valence-corrected chi connectivity index (χ4v) is 3.18. The predicted octanol–water partition coefficient (Wildman–Crippen LogP) is 6.55. The lowest BCUT2D eigenvalue weighted by Crippen LogP contribution is -2.00. The molecule has 0 atom stereocenters. The second-order valence-electron chi connectivity index (χ2n) is 5.22. The second-order valence-corrected chi connectivity index (χ2v) is 6.31. The molecule has 0 aliphatic rings. The Morgan fingerprint density at radius 3 is 2.04 bits per heavy atom. The fraction of sp³-hybridized carbons (Fsp3) is 0.111. The van der Waals surface area contributed by atoms with Gasteiger partial charge in [-0.3, -0.25) is 0 Å². The van der Waals surface area contributed by atoms with Gasteiger partial charge in [-0.25, -0.2) is 4.39 Å². The quantitative estimate of drug-likeness (QED) is 0.466. The first-order chi connectivity index (χ1) is 10.8. The number of hydrogen-bond acceptors (Lipinski definition) is 1. The van der Waals surface area contributed by atoms with Crippen LogP contribution in [0.3, 0.4) is 0 Å². The SMILES string of the molecule is Cc1ccc(-c2ccc(-c3ccc(C(F)(F)F)s3)c(F)c2)cc1. The second kappa shape index (κ2) is 5.81. The van der Waals surface area contributed by atoms with Crippen molar-refractivity contribution in [1.29, 1.82) is 0 Å². The normalized spacial score (nSPS) is 11.7. The van der Waals surface area contributed by atoms with Crippen molar-refractivity contribution in [3.63, 3.8) is 0 Å². The molecule has 0 saturated carbocycles. The third kappa shape index (κ3) is 3.29. The Morgan fingerprint density at radius 1 is 0.826 bits per heavy atom. The van der Waals surface area contributed by atoms with E-state index >= 15 is 0 Å². The van der Waals surface area contributed by atoms with Gasteiger partial charge in [0.15, 0.2) is 0 Å². The Kier molecular flexibility index (Phi) is 3.98. The van der Waals surface area contributed by atoms with Gasteiger partial charge in [0.2, 0.25) is 0 Å². The summed E-state index contributed by atoms with van der Waals surface area (Å²) in [5, 5.41) is 0. The molecule has 1 aromatic heterocycles. The van der Waals surface area contributed by atoms with E-state index in [0.717, 1.165) is 17.2 Å².